The highest BCUT2D eigenvalue weighted by molar-refractivity contribution is 5.46. The van der Waals surface area contributed by atoms with Gasteiger partial charge in [0.1, 0.15) is 0 Å². The van der Waals surface area contributed by atoms with Gasteiger partial charge in [-0.25, -0.2) is 0 Å². The molecule has 0 bridgehead atoms. The second kappa shape index (κ2) is 9.55. The van der Waals surface area contributed by atoms with Crippen molar-refractivity contribution in [2.75, 3.05) is 113 Å². The fraction of sp³-hybridized carbons (Fsp3) is 0.667. The molecule has 0 aliphatic heterocycles. The molecule has 12 heteroatoms. The summed E-state index contributed by atoms with van der Waals surface area (Å²) in [4.78, 5) is 38.7. The maximum atomic E-state index is 4.57. The number of hydrogen-bond acceptors (Lipinski definition) is 12. The van der Waals surface area contributed by atoms with Crippen LogP contribution in [0.2, 0.25) is 0 Å². The highest BCUT2D eigenvalue weighted by atomic mass is 15.4. The van der Waals surface area contributed by atoms with Crippen molar-refractivity contribution in [2.24, 2.45) is 0 Å². The lowest BCUT2D eigenvalue weighted by atomic mass is 10.5. The predicted molar refractivity (Wildman–Crippen MR) is 124 cm³/mol. The number of hydrogen-bond donors (Lipinski definition) is 0. The summed E-state index contributed by atoms with van der Waals surface area (Å²) in [5.41, 5.74) is 0. The average molecular weight is 419 g/mol. The van der Waals surface area contributed by atoms with E-state index in [0.717, 1.165) is 0 Å². The first-order valence-corrected chi connectivity index (χ1v) is 9.63. The van der Waals surface area contributed by atoms with Gasteiger partial charge >= 0.3 is 0 Å². The molecule has 0 fully saturated rings. The van der Waals surface area contributed by atoms with Crippen LogP contribution < -0.4 is 29.4 Å². The molecule has 0 aliphatic rings. The van der Waals surface area contributed by atoms with Crippen LogP contribution in [0.25, 0.3) is 0 Å². The standard InChI is InChI=1S/C18H34N12/c1-25(2)13-19-14(26(3)4)22-17(21-13)29(9)11-12-30(10)18-23-15(27(5)6)20-16(24-18)28(7)8/h11-12H2,1-10H3. The molecule has 2 rings (SSSR count). The summed E-state index contributed by atoms with van der Waals surface area (Å²) in [7, 11) is 19.2. The Morgan fingerprint density at radius 1 is 0.367 bits per heavy atom. The molecule has 0 N–H and O–H groups in total. The fourth-order valence-corrected chi connectivity index (χ4v) is 2.33. The number of aromatic nitrogens is 6. The van der Waals surface area contributed by atoms with Crippen LogP contribution in [0.5, 0.6) is 0 Å². The molecule has 2 aromatic heterocycles. The summed E-state index contributed by atoms with van der Waals surface area (Å²) < 4.78 is 0. The summed E-state index contributed by atoms with van der Waals surface area (Å²) in [6.07, 6.45) is 0. The van der Waals surface area contributed by atoms with Crippen LogP contribution >= 0.6 is 0 Å². The van der Waals surface area contributed by atoms with Gasteiger partial charge in [0.05, 0.1) is 0 Å². The minimum atomic E-state index is 0.615. The van der Waals surface area contributed by atoms with E-state index in [-0.39, 0.29) is 0 Å². The Balaban J connectivity index is 2.19. The Kier molecular flexibility index (Phi) is 7.35. The molecule has 30 heavy (non-hydrogen) atoms. The first kappa shape index (κ1) is 23.1. The van der Waals surface area contributed by atoms with Crippen molar-refractivity contribution in [3.8, 4) is 0 Å². The molecule has 0 unspecified atom stereocenters. The molecule has 0 aromatic carbocycles. The van der Waals surface area contributed by atoms with Gasteiger partial charge in [-0.15, -0.1) is 0 Å². The minimum absolute atomic E-state index is 0.615. The summed E-state index contributed by atoms with van der Waals surface area (Å²) in [6.45, 7) is 1.36. The number of anilines is 6. The van der Waals surface area contributed by atoms with Gasteiger partial charge in [-0.1, -0.05) is 0 Å². The van der Waals surface area contributed by atoms with Crippen molar-refractivity contribution in [1.29, 1.82) is 0 Å². The van der Waals surface area contributed by atoms with Crippen molar-refractivity contribution in [3.05, 3.63) is 0 Å². The van der Waals surface area contributed by atoms with Crippen LogP contribution in [0.15, 0.2) is 0 Å². The summed E-state index contributed by atoms with van der Waals surface area (Å²) in [5, 5.41) is 0. The van der Waals surface area contributed by atoms with Crippen molar-refractivity contribution in [1.82, 2.24) is 29.9 Å². The Morgan fingerprint density at radius 3 is 0.767 bits per heavy atom. The zero-order valence-electron chi connectivity index (χ0n) is 19.8. The molecule has 2 heterocycles. The lowest BCUT2D eigenvalue weighted by molar-refractivity contribution is 0.772. The zero-order valence-corrected chi connectivity index (χ0v) is 19.8. The third kappa shape index (κ3) is 5.67. The van der Waals surface area contributed by atoms with Gasteiger partial charge in [0, 0.05) is 83.6 Å². The monoisotopic (exact) mass is 418 g/mol. The first-order valence-electron chi connectivity index (χ1n) is 9.63. The number of nitrogens with zero attached hydrogens (tertiary/aromatic N) is 12. The van der Waals surface area contributed by atoms with Gasteiger partial charge in [-0.3, -0.25) is 0 Å². The largest absolute Gasteiger partial charge is 0.347 e. The van der Waals surface area contributed by atoms with Crippen LogP contribution in [0.3, 0.4) is 0 Å². The van der Waals surface area contributed by atoms with Crippen LogP contribution in [0, 0.1) is 0 Å². The average Bonchev–Trinajstić information content (AvgIpc) is 2.70. The molecule has 0 saturated carbocycles. The van der Waals surface area contributed by atoms with Crippen LogP contribution in [0.1, 0.15) is 0 Å². The van der Waals surface area contributed by atoms with Gasteiger partial charge in [0.2, 0.25) is 35.7 Å². The van der Waals surface area contributed by atoms with Gasteiger partial charge in [-0.2, -0.15) is 29.9 Å². The Morgan fingerprint density at radius 2 is 0.567 bits per heavy atom. The molecule has 166 valence electrons. The van der Waals surface area contributed by atoms with E-state index in [1.165, 1.54) is 0 Å². The third-order valence-corrected chi connectivity index (χ3v) is 4.25. The third-order valence-electron chi connectivity index (χ3n) is 4.25. The van der Waals surface area contributed by atoms with E-state index >= 15 is 0 Å². The first-order chi connectivity index (χ1) is 14.0. The molecule has 0 radical (unpaired) electrons. The zero-order chi connectivity index (χ0) is 22.6. The SMILES string of the molecule is CN(C)c1nc(N(C)C)nc(N(C)CCN(C)c2nc(N(C)C)nc(N(C)C)n2)n1. The highest BCUT2D eigenvalue weighted by Gasteiger charge is 2.16. The van der Waals surface area contributed by atoms with E-state index < -0.39 is 0 Å². The summed E-state index contributed by atoms with van der Waals surface area (Å²) in [5.74, 6) is 3.70. The van der Waals surface area contributed by atoms with Crippen molar-refractivity contribution >= 4 is 35.7 Å². The lowest BCUT2D eigenvalue weighted by Crippen LogP contribution is -2.34. The molecular weight excluding hydrogens is 384 g/mol. The van der Waals surface area contributed by atoms with E-state index in [0.29, 0.717) is 48.8 Å². The minimum Gasteiger partial charge on any atom is -0.347 e. The molecule has 0 atom stereocenters. The Bertz CT molecular complexity index is 714. The predicted octanol–water partition coefficient (Wildman–Crippen LogP) is -0.107. The molecule has 2 aromatic rings. The number of rotatable bonds is 9. The smallest absolute Gasteiger partial charge is 0.231 e. The van der Waals surface area contributed by atoms with E-state index in [4.69, 9.17) is 0 Å². The molecule has 0 spiro atoms. The Labute approximate surface area is 179 Å². The molecular formula is C18H34N12. The maximum absolute atomic E-state index is 4.57. The van der Waals surface area contributed by atoms with Gasteiger partial charge in [-0.05, 0) is 0 Å². The van der Waals surface area contributed by atoms with E-state index in [2.05, 4.69) is 29.9 Å². The summed E-state index contributed by atoms with van der Waals surface area (Å²) in [6, 6.07) is 0. The quantitative estimate of drug-likeness (QED) is 0.543. The maximum Gasteiger partial charge on any atom is 0.231 e. The van der Waals surface area contributed by atoms with Crippen LogP contribution in [-0.4, -0.2) is 113 Å². The second-order valence-corrected chi connectivity index (χ2v) is 7.89. The van der Waals surface area contributed by atoms with E-state index in [9.17, 15) is 0 Å². The molecule has 0 amide bonds. The lowest BCUT2D eigenvalue weighted by Gasteiger charge is -2.25. The van der Waals surface area contributed by atoms with Gasteiger partial charge in [0.15, 0.2) is 0 Å². The van der Waals surface area contributed by atoms with E-state index in [1.54, 1.807) is 0 Å². The molecule has 0 aliphatic carbocycles. The topological polar surface area (TPSA) is 96.8 Å². The van der Waals surface area contributed by atoms with Gasteiger partial charge < -0.3 is 29.4 Å². The summed E-state index contributed by atoms with van der Waals surface area (Å²) >= 11 is 0. The fourth-order valence-electron chi connectivity index (χ4n) is 2.33. The normalized spacial score (nSPS) is 10.6. The highest BCUT2D eigenvalue weighted by Crippen LogP contribution is 2.18. The van der Waals surface area contributed by atoms with E-state index in [1.807, 2.05) is 99.9 Å². The van der Waals surface area contributed by atoms with Gasteiger partial charge in [0.25, 0.3) is 0 Å². The number of likely N-dealkylation sites (N-methyl/N-ethyl adjacent to an activating group) is 2. The second-order valence-electron chi connectivity index (χ2n) is 7.89. The van der Waals surface area contributed by atoms with Crippen molar-refractivity contribution in [3.63, 3.8) is 0 Å². The van der Waals surface area contributed by atoms with Crippen LogP contribution in [0.4, 0.5) is 35.7 Å². The molecule has 0 saturated heterocycles. The Hall–Kier alpha value is -3.18. The van der Waals surface area contributed by atoms with Crippen LogP contribution in [-0.2, 0) is 0 Å². The van der Waals surface area contributed by atoms with Crippen molar-refractivity contribution < 1.29 is 0 Å². The van der Waals surface area contributed by atoms with Crippen molar-refractivity contribution in [2.45, 2.75) is 0 Å². The molecule has 12 nitrogen and oxygen atoms in total.